The largest absolute Gasteiger partial charge is 0.388 e. The molecule has 0 spiro atoms. The van der Waals surface area contributed by atoms with E-state index in [4.69, 9.17) is 11.6 Å². The van der Waals surface area contributed by atoms with E-state index < -0.39 is 11.4 Å². The summed E-state index contributed by atoms with van der Waals surface area (Å²) in [7, 11) is 0. The first-order valence-electron chi connectivity index (χ1n) is 6.09. The number of benzene rings is 1. The first kappa shape index (κ1) is 14.2. The summed E-state index contributed by atoms with van der Waals surface area (Å²) in [4.78, 5) is 0. The van der Waals surface area contributed by atoms with Gasteiger partial charge in [0.1, 0.15) is 5.82 Å². The number of aliphatic hydroxyl groups is 1. The molecular formula is C14H18ClFOS. The lowest BCUT2D eigenvalue weighted by molar-refractivity contribution is -0.0518. The van der Waals surface area contributed by atoms with Crippen molar-refractivity contribution in [1.82, 2.24) is 0 Å². The van der Waals surface area contributed by atoms with Crippen LogP contribution < -0.4 is 0 Å². The second kappa shape index (κ2) is 5.03. The predicted octanol–water partition coefficient (Wildman–Crippen LogP) is 3.92. The van der Waals surface area contributed by atoms with Crippen LogP contribution >= 0.6 is 23.4 Å². The molecule has 0 aromatic heterocycles. The van der Waals surface area contributed by atoms with E-state index >= 15 is 0 Å². The molecule has 0 bridgehead atoms. The Morgan fingerprint density at radius 1 is 1.44 bits per heavy atom. The second-order valence-corrected chi connectivity index (χ2v) is 7.12. The van der Waals surface area contributed by atoms with Crippen LogP contribution in [0.15, 0.2) is 18.2 Å². The lowest BCUT2D eigenvalue weighted by atomic mass is 9.70. The minimum absolute atomic E-state index is 0.123. The topological polar surface area (TPSA) is 20.2 Å². The molecule has 1 nitrogen and oxygen atoms in total. The second-order valence-electron chi connectivity index (χ2n) is 5.61. The zero-order chi connectivity index (χ0) is 13.4. The van der Waals surface area contributed by atoms with Crippen LogP contribution in [0.1, 0.15) is 25.8 Å². The molecule has 0 aliphatic carbocycles. The van der Waals surface area contributed by atoms with Gasteiger partial charge in [-0.05, 0) is 29.2 Å². The highest BCUT2D eigenvalue weighted by Crippen LogP contribution is 2.44. The van der Waals surface area contributed by atoms with Gasteiger partial charge in [-0.1, -0.05) is 37.6 Å². The Morgan fingerprint density at radius 2 is 2.17 bits per heavy atom. The fraction of sp³-hybridized carbons (Fsp3) is 0.571. The summed E-state index contributed by atoms with van der Waals surface area (Å²) in [5.74, 6) is 1.29. The smallest absolute Gasteiger partial charge is 0.145 e. The van der Waals surface area contributed by atoms with Gasteiger partial charge >= 0.3 is 0 Å². The van der Waals surface area contributed by atoms with Gasteiger partial charge in [0.25, 0.3) is 0 Å². The maximum absolute atomic E-state index is 13.9. The molecule has 0 saturated carbocycles. The quantitative estimate of drug-likeness (QED) is 0.890. The van der Waals surface area contributed by atoms with E-state index in [1.807, 2.05) is 0 Å². The van der Waals surface area contributed by atoms with Crippen molar-refractivity contribution < 1.29 is 9.50 Å². The number of halogens is 2. The Labute approximate surface area is 117 Å². The van der Waals surface area contributed by atoms with Crippen molar-refractivity contribution in [2.45, 2.75) is 32.3 Å². The zero-order valence-corrected chi connectivity index (χ0v) is 12.2. The van der Waals surface area contributed by atoms with Crippen LogP contribution in [0.4, 0.5) is 4.39 Å². The van der Waals surface area contributed by atoms with E-state index in [2.05, 4.69) is 13.8 Å². The van der Waals surface area contributed by atoms with E-state index in [1.54, 1.807) is 23.9 Å². The molecule has 18 heavy (non-hydrogen) atoms. The van der Waals surface area contributed by atoms with Gasteiger partial charge in [-0.3, -0.25) is 0 Å². The average Bonchev–Trinajstić information content (AvgIpc) is 2.29. The predicted molar refractivity (Wildman–Crippen MR) is 75.8 cm³/mol. The lowest BCUT2D eigenvalue weighted by Gasteiger charge is -2.46. The zero-order valence-electron chi connectivity index (χ0n) is 10.7. The summed E-state index contributed by atoms with van der Waals surface area (Å²) >= 11 is 7.51. The van der Waals surface area contributed by atoms with Gasteiger partial charge < -0.3 is 5.11 Å². The number of hydrogen-bond donors (Lipinski definition) is 1. The minimum atomic E-state index is -0.874. The standard InChI is InChI=1S/C14H18ClFOS/c1-13(2)6-7-18-9-14(13,17)8-10-4-3-5-11(15)12(10)16/h3-5,17H,6-9H2,1-2H3. The molecular weight excluding hydrogens is 271 g/mol. The summed E-state index contributed by atoms with van der Waals surface area (Å²) in [6, 6.07) is 4.97. The first-order valence-corrected chi connectivity index (χ1v) is 7.62. The van der Waals surface area contributed by atoms with Crippen LogP contribution in [0.3, 0.4) is 0 Å². The average molecular weight is 289 g/mol. The molecule has 0 radical (unpaired) electrons. The van der Waals surface area contributed by atoms with E-state index in [9.17, 15) is 9.50 Å². The fourth-order valence-electron chi connectivity index (χ4n) is 2.29. The Kier molecular flexibility index (Phi) is 3.96. The van der Waals surface area contributed by atoms with Gasteiger partial charge in [0, 0.05) is 12.2 Å². The monoisotopic (exact) mass is 288 g/mol. The summed E-state index contributed by atoms with van der Waals surface area (Å²) in [6.07, 6.45) is 1.26. The highest BCUT2D eigenvalue weighted by molar-refractivity contribution is 7.99. The van der Waals surface area contributed by atoms with Gasteiger partial charge in [-0.25, -0.2) is 4.39 Å². The van der Waals surface area contributed by atoms with Crippen molar-refractivity contribution in [3.8, 4) is 0 Å². The van der Waals surface area contributed by atoms with Crippen molar-refractivity contribution in [2.75, 3.05) is 11.5 Å². The molecule has 1 aliphatic heterocycles. The van der Waals surface area contributed by atoms with Crippen molar-refractivity contribution in [3.63, 3.8) is 0 Å². The van der Waals surface area contributed by atoms with Crippen LogP contribution in [-0.4, -0.2) is 22.2 Å². The molecule has 1 aliphatic rings. The van der Waals surface area contributed by atoms with Gasteiger partial charge in [0.15, 0.2) is 0 Å². The van der Waals surface area contributed by atoms with E-state index in [0.717, 1.165) is 12.2 Å². The summed E-state index contributed by atoms with van der Waals surface area (Å²) in [5, 5.41) is 11.0. The number of rotatable bonds is 2. The Hall–Kier alpha value is -0.250. The summed E-state index contributed by atoms with van der Waals surface area (Å²) < 4.78 is 13.9. The number of thioether (sulfide) groups is 1. The van der Waals surface area contributed by atoms with Gasteiger partial charge in [-0.2, -0.15) is 11.8 Å². The SMILES string of the molecule is CC1(C)CCSCC1(O)Cc1cccc(Cl)c1F. The van der Waals surface area contributed by atoms with Crippen LogP contribution in [0.25, 0.3) is 0 Å². The van der Waals surface area contributed by atoms with Crippen molar-refractivity contribution in [1.29, 1.82) is 0 Å². The highest BCUT2D eigenvalue weighted by atomic mass is 35.5. The van der Waals surface area contributed by atoms with Crippen molar-refractivity contribution in [3.05, 3.63) is 34.6 Å². The Bertz CT molecular complexity index is 449. The highest BCUT2D eigenvalue weighted by Gasteiger charge is 2.45. The summed E-state index contributed by atoms with van der Waals surface area (Å²) in [6.45, 7) is 4.10. The van der Waals surface area contributed by atoms with Crippen LogP contribution in [-0.2, 0) is 6.42 Å². The maximum Gasteiger partial charge on any atom is 0.145 e. The minimum Gasteiger partial charge on any atom is -0.388 e. The molecule has 1 saturated heterocycles. The van der Waals surface area contributed by atoms with Crippen molar-refractivity contribution in [2.24, 2.45) is 5.41 Å². The Balaban J connectivity index is 2.29. The van der Waals surface area contributed by atoms with Crippen LogP contribution in [0.5, 0.6) is 0 Å². The maximum atomic E-state index is 13.9. The molecule has 1 aromatic carbocycles. The molecule has 1 atom stereocenters. The normalized spacial score (nSPS) is 27.2. The van der Waals surface area contributed by atoms with Crippen LogP contribution in [0.2, 0.25) is 5.02 Å². The molecule has 100 valence electrons. The lowest BCUT2D eigenvalue weighted by Crippen LogP contribution is -2.51. The Morgan fingerprint density at radius 3 is 2.83 bits per heavy atom. The first-order chi connectivity index (χ1) is 8.36. The van der Waals surface area contributed by atoms with Gasteiger partial charge in [-0.15, -0.1) is 0 Å². The molecule has 2 rings (SSSR count). The van der Waals surface area contributed by atoms with Crippen LogP contribution in [0, 0.1) is 11.2 Å². The van der Waals surface area contributed by atoms with E-state index in [-0.39, 0.29) is 10.4 Å². The molecule has 1 unspecified atom stereocenters. The third kappa shape index (κ3) is 2.54. The molecule has 1 N–H and O–H groups in total. The molecule has 1 heterocycles. The third-order valence-corrected chi connectivity index (χ3v) is 5.45. The third-order valence-electron chi connectivity index (χ3n) is 3.99. The van der Waals surface area contributed by atoms with Gasteiger partial charge in [0.05, 0.1) is 10.6 Å². The van der Waals surface area contributed by atoms with Crippen molar-refractivity contribution >= 4 is 23.4 Å². The van der Waals surface area contributed by atoms with E-state index in [1.165, 1.54) is 6.07 Å². The van der Waals surface area contributed by atoms with Gasteiger partial charge in [0.2, 0.25) is 0 Å². The number of hydrogen-bond acceptors (Lipinski definition) is 2. The van der Waals surface area contributed by atoms with E-state index in [0.29, 0.717) is 17.7 Å². The molecule has 1 aromatic rings. The molecule has 1 fully saturated rings. The molecule has 0 amide bonds. The fourth-order valence-corrected chi connectivity index (χ4v) is 4.11. The summed E-state index contributed by atoms with van der Waals surface area (Å²) in [5.41, 5.74) is -0.574. The molecule has 4 heteroatoms.